The predicted octanol–water partition coefficient (Wildman–Crippen LogP) is 4.29. The van der Waals surface area contributed by atoms with Crippen LogP contribution in [0.1, 0.15) is 16.4 Å². The van der Waals surface area contributed by atoms with Crippen LogP contribution in [0.15, 0.2) is 60.7 Å². The summed E-state index contributed by atoms with van der Waals surface area (Å²) in [6.07, 6.45) is 0. The maximum atomic E-state index is 12.4. The fourth-order valence-electron chi connectivity index (χ4n) is 1.69. The zero-order valence-electron chi connectivity index (χ0n) is 11.0. The van der Waals surface area contributed by atoms with E-state index in [0.29, 0.717) is 11.1 Å². The summed E-state index contributed by atoms with van der Waals surface area (Å²) in [4.78, 5) is 0. The summed E-state index contributed by atoms with van der Waals surface area (Å²) in [7, 11) is -5.65. The van der Waals surface area contributed by atoms with Crippen molar-refractivity contribution in [3.05, 3.63) is 71.8 Å². The third-order valence-corrected chi connectivity index (χ3v) is 5.05. The van der Waals surface area contributed by atoms with Crippen LogP contribution < -0.4 is 0 Å². The van der Waals surface area contributed by atoms with Crippen LogP contribution in [0.2, 0.25) is 0 Å². The van der Waals surface area contributed by atoms with Gasteiger partial charge in [0.2, 0.25) is 0 Å². The van der Waals surface area contributed by atoms with Gasteiger partial charge in [0, 0.05) is 12.0 Å². The Balaban J connectivity index is 2.28. The Kier molecular flexibility index (Phi) is 5.15. The van der Waals surface area contributed by atoms with Crippen molar-refractivity contribution in [3.8, 4) is 0 Å². The van der Waals surface area contributed by atoms with Gasteiger partial charge in [0.05, 0.1) is 5.25 Å². The van der Waals surface area contributed by atoms with Gasteiger partial charge >= 0.3 is 15.6 Å². The van der Waals surface area contributed by atoms with Gasteiger partial charge in [0.15, 0.2) is 0 Å². The third kappa shape index (κ3) is 4.02. The summed E-state index contributed by atoms with van der Waals surface area (Å²) in [5.74, 6) is 0. The number of hydrogen-bond acceptors (Lipinski definition) is 4. The van der Waals surface area contributed by atoms with E-state index in [-0.39, 0.29) is 12.0 Å². The Labute approximate surface area is 130 Å². The maximum Gasteiger partial charge on any atom is 0.524 e. The molecule has 0 aliphatic rings. The van der Waals surface area contributed by atoms with E-state index in [4.69, 9.17) is 0 Å². The molecule has 0 saturated carbocycles. The van der Waals surface area contributed by atoms with Crippen molar-refractivity contribution in [1.29, 1.82) is 0 Å². The van der Waals surface area contributed by atoms with Gasteiger partial charge in [-0.2, -0.15) is 25.2 Å². The van der Waals surface area contributed by atoms with Gasteiger partial charge in [-0.3, -0.25) is 0 Å². The molecule has 0 atom stereocenters. The number of halogens is 3. The van der Waals surface area contributed by atoms with Crippen LogP contribution in [0, 0.1) is 0 Å². The van der Waals surface area contributed by atoms with Gasteiger partial charge < -0.3 is 0 Å². The largest absolute Gasteiger partial charge is 0.524 e. The molecule has 0 aromatic heterocycles. The smallest absolute Gasteiger partial charge is 0.190 e. The van der Waals surface area contributed by atoms with Crippen molar-refractivity contribution in [2.24, 2.45) is 0 Å². The number of hydrogen-bond donors (Lipinski definition) is 0. The normalized spacial score (nSPS) is 12.5. The molecule has 0 aliphatic heterocycles. The molecular formula is C14H11F3O3S2. The number of alkyl halides is 3. The maximum absolute atomic E-state index is 12.4. The van der Waals surface area contributed by atoms with E-state index in [2.05, 4.69) is 3.63 Å². The van der Waals surface area contributed by atoms with E-state index >= 15 is 0 Å². The van der Waals surface area contributed by atoms with E-state index in [9.17, 15) is 21.6 Å². The lowest BCUT2D eigenvalue weighted by Crippen LogP contribution is -2.23. The lowest BCUT2D eigenvalue weighted by Gasteiger charge is -2.17. The molecule has 0 amide bonds. The van der Waals surface area contributed by atoms with Gasteiger partial charge in [-0.25, -0.2) is 0 Å². The lowest BCUT2D eigenvalue weighted by atomic mass is 10.0. The second kappa shape index (κ2) is 6.72. The molecule has 118 valence electrons. The molecular weight excluding hydrogens is 337 g/mol. The monoisotopic (exact) mass is 348 g/mol. The van der Waals surface area contributed by atoms with Gasteiger partial charge in [-0.15, -0.1) is 0 Å². The summed E-state index contributed by atoms with van der Waals surface area (Å²) in [5.41, 5.74) is -4.18. The fourth-order valence-corrected chi connectivity index (χ4v) is 3.26. The molecule has 0 unspecified atom stereocenters. The summed E-state index contributed by atoms with van der Waals surface area (Å²) in [5, 5.41) is -0.695. The second-order valence-electron chi connectivity index (χ2n) is 4.27. The molecule has 8 heteroatoms. The lowest BCUT2D eigenvalue weighted by molar-refractivity contribution is -0.0494. The number of rotatable bonds is 5. The molecule has 0 saturated heterocycles. The highest BCUT2D eigenvalue weighted by atomic mass is 32.3. The molecule has 3 nitrogen and oxygen atoms in total. The first kappa shape index (κ1) is 16.9. The Bertz CT molecular complexity index is 662. The SMILES string of the molecule is O=S(=O)(OSC(c1ccccc1)c1ccccc1)C(F)(F)F. The zero-order chi connectivity index (χ0) is 16.2. The molecule has 2 aromatic carbocycles. The average Bonchev–Trinajstić information content (AvgIpc) is 2.48. The topological polar surface area (TPSA) is 43.4 Å². The molecule has 0 heterocycles. The van der Waals surface area contributed by atoms with Crippen molar-refractivity contribution in [3.63, 3.8) is 0 Å². The second-order valence-corrected chi connectivity index (χ2v) is 6.84. The standard InChI is InChI=1S/C14H11F3O3S2/c15-14(16,17)22(18,19)20-21-13(11-7-3-1-4-8-11)12-9-5-2-6-10-12/h1-10,13H. The first-order chi connectivity index (χ1) is 10.3. The van der Waals surface area contributed by atoms with Gasteiger partial charge in [-0.1, -0.05) is 60.7 Å². The van der Waals surface area contributed by atoms with E-state index in [0.717, 1.165) is 0 Å². The Morgan fingerprint density at radius 2 is 1.27 bits per heavy atom. The predicted molar refractivity (Wildman–Crippen MR) is 78.4 cm³/mol. The average molecular weight is 348 g/mol. The molecule has 0 aliphatic carbocycles. The summed E-state index contributed by atoms with van der Waals surface area (Å²) < 4.78 is 63.3. The van der Waals surface area contributed by atoms with Gasteiger partial charge in [0.25, 0.3) is 0 Å². The minimum absolute atomic E-state index is 0.254. The van der Waals surface area contributed by atoms with E-state index < -0.39 is 20.9 Å². The van der Waals surface area contributed by atoms with Crippen LogP contribution in [0.25, 0.3) is 0 Å². The molecule has 0 bridgehead atoms. The van der Waals surface area contributed by atoms with Crippen molar-refractivity contribution < 1.29 is 25.2 Å². The summed E-state index contributed by atoms with van der Waals surface area (Å²) in [6.45, 7) is 0. The molecule has 22 heavy (non-hydrogen) atoms. The highest BCUT2D eigenvalue weighted by molar-refractivity contribution is 8.05. The van der Waals surface area contributed by atoms with Crippen LogP contribution in [0.3, 0.4) is 0 Å². The first-order valence-electron chi connectivity index (χ1n) is 6.07. The van der Waals surface area contributed by atoms with E-state index in [1.54, 1.807) is 60.7 Å². The van der Waals surface area contributed by atoms with Crippen molar-refractivity contribution in [2.45, 2.75) is 10.8 Å². The third-order valence-electron chi connectivity index (χ3n) is 2.71. The molecule has 0 radical (unpaired) electrons. The zero-order valence-corrected chi connectivity index (χ0v) is 12.7. The molecule has 0 spiro atoms. The van der Waals surface area contributed by atoms with Crippen LogP contribution in [-0.2, 0) is 13.7 Å². The Hall–Kier alpha value is -1.51. The van der Waals surface area contributed by atoms with E-state index in [1.807, 2.05) is 0 Å². The molecule has 2 aromatic rings. The molecule has 2 rings (SSSR count). The van der Waals surface area contributed by atoms with Crippen molar-refractivity contribution in [2.75, 3.05) is 0 Å². The van der Waals surface area contributed by atoms with Gasteiger partial charge in [0.1, 0.15) is 0 Å². The van der Waals surface area contributed by atoms with Gasteiger partial charge in [-0.05, 0) is 11.1 Å². The minimum Gasteiger partial charge on any atom is -0.190 e. The first-order valence-corrected chi connectivity index (χ1v) is 8.29. The number of benzene rings is 2. The van der Waals surface area contributed by atoms with Crippen molar-refractivity contribution in [1.82, 2.24) is 0 Å². The summed E-state index contributed by atoms with van der Waals surface area (Å²) >= 11 is 0.254. The minimum atomic E-state index is -5.65. The quantitative estimate of drug-likeness (QED) is 0.597. The van der Waals surface area contributed by atoms with E-state index in [1.165, 1.54) is 0 Å². The fraction of sp³-hybridized carbons (Fsp3) is 0.143. The summed E-state index contributed by atoms with van der Waals surface area (Å²) in [6, 6.07) is 17.1. The highest BCUT2D eigenvalue weighted by Gasteiger charge is 2.48. The van der Waals surface area contributed by atoms with Crippen molar-refractivity contribution >= 4 is 22.2 Å². The van der Waals surface area contributed by atoms with Crippen LogP contribution in [0.5, 0.6) is 0 Å². The van der Waals surface area contributed by atoms with Crippen LogP contribution >= 0.6 is 12.0 Å². The Morgan fingerprint density at radius 1 is 0.864 bits per heavy atom. The molecule has 0 N–H and O–H groups in total. The Morgan fingerprint density at radius 3 is 1.64 bits per heavy atom. The molecule has 0 fully saturated rings. The van der Waals surface area contributed by atoms with Crippen LogP contribution in [-0.4, -0.2) is 13.9 Å². The highest BCUT2D eigenvalue weighted by Crippen LogP contribution is 2.39. The van der Waals surface area contributed by atoms with Crippen LogP contribution in [0.4, 0.5) is 13.2 Å².